The number of ketones is 1. The lowest BCUT2D eigenvalue weighted by molar-refractivity contribution is -0.138. The zero-order chi connectivity index (χ0) is 18.2. The molecule has 2 aliphatic rings. The first-order chi connectivity index (χ1) is 11.8. The van der Waals surface area contributed by atoms with Crippen molar-refractivity contribution in [2.75, 3.05) is 6.61 Å². The molecule has 1 aromatic carbocycles. The van der Waals surface area contributed by atoms with Gasteiger partial charge in [-0.05, 0) is 24.3 Å². The van der Waals surface area contributed by atoms with Crippen LogP contribution >= 0.6 is 0 Å². The van der Waals surface area contributed by atoms with Crippen LogP contribution in [0.2, 0.25) is 0 Å². The molecule has 1 aromatic rings. The first-order valence-corrected chi connectivity index (χ1v) is 8.59. The number of benzene rings is 1. The van der Waals surface area contributed by atoms with E-state index in [0.29, 0.717) is 24.0 Å². The second-order valence-electron chi connectivity index (χ2n) is 7.35. The molecule has 1 aliphatic heterocycles. The quantitative estimate of drug-likeness (QED) is 0.827. The fourth-order valence-electron chi connectivity index (χ4n) is 3.73. The van der Waals surface area contributed by atoms with Crippen LogP contribution in [-0.2, 0) is 14.3 Å². The molecule has 0 saturated carbocycles. The summed E-state index contributed by atoms with van der Waals surface area (Å²) in [5.74, 6) is -0.635. The van der Waals surface area contributed by atoms with Gasteiger partial charge in [-0.2, -0.15) is 0 Å². The molecule has 5 nitrogen and oxygen atoms in total. The Morgan fingerprint density at radius 2 is 1.96 bits per heavy atom. The van der Waals surface area contributed by atoms with Gasteiger partial charge >= 0.3 is 5.97 Å². The molecule has 0 amide bonds. The molecular weight excluding hydrogens is 316 g/mol. The highest BCUT2D eigenvalue weighted by atomic mass is 16.5. The fraction of sp³-hybridized carbons (Fsp3) is 0.400. The minimum absolute atomic E-state index is 0.0573. The van der Waals surface area contributed by atoms with Crippen LogP contribution < -0.4 is 11.1 Å². The van der Waals surface area contributed by atoms with E-state index in [2.05, 4.69) is 19.2 Å². The van der Waals surface area contributed by atoms with Gasteiger partial charge in [-0.15, -0.1) is 0 Å². The van der Waals surface area contributed by atoms with Gasteiger partial charge in [0.2, 0.25) is 0 Å². The molecule has 0 aromatic heterocycles. The van der Waals surface area contributed by atoms with Crippen LogP contribution in [0.1, 0.15) is 45.1 Å². The highest BCUT2D eigenvalue weighted by molar-refractivity contribution is 6.04. The molecule has 5 heteroatoms. The third-order valence-electron chi connectivity index (χ3n) is 4.70. The van der Waals surface area contributed by atoms with E-state index in [1.807, 2.05) is 30.3 Å². The van der Waals surface area contributed by atoms with Gasteiger partial charge in [-0.25, -0.2) is 4.79 Å². The number of esters is 1. The number of Topliss-reactive ketones (excluding diaryl/α,β-unsaturated/α-hetero) is 1. The van der Waals surface area contributed by atoms with Crippen molar-refractivity contribution in [3.8, 4) is 0 Å². The van der Waals surface area contributed by atoms with Gasteiger partial charge in [0.15, 0.2) is 5.78 Å². The highest BCUT2D eigenvalue weighted by Gasteiger charge is 2.43. The highest BCUT2D eigenvalue weighted by Crippen LogP contribution is 2.46. The second kappa shape index (κ2) is 6.39. The molecule has 0 fully saturated rings. The molecule has 1 heterocycles. The van der Waals surface area contributed by atoms with Crippen molar-refractivity contribution in [2.45, 2.75) is 39.5 Å². The van der Waals surface area contributed by atoms with Crippen molar-refractivity contribution >= 4 is 11.8 Å². The Morgan fingerprint density at radius 3 is 2.60 bits per heavy atom. The Balaban J connectivity index is 2.16. The SMILES string of the molecule is CCOC(=O)C1=C(N)NC2=C(C(=O)CC(C)(C)C2)C1c1ccccc1. The van der Waals surface area contributed by atoms with Crippen LogP contribution in [0.15, 0.2) is 53.0 Å². The third-order valence-corrected chi connectivity index (χ3v) is 4.70. The predicted octanol–water partition coefficient (Wildman–Crippen LogP) is 2.75. The number of ether oxygens (including phenoxy) is 1. The molecule has 25 heavy (non-hydrogen) atoms. The van der Waals surface area contributed by atoms with Crippen LogP contribution in [-0.4, -0.2) is 18.4 Å². The number of nitrogens with two attached hydrogens (primary N) is 1. The molecule has 1 atom stereocenters. The summed E-state index contributed by atoms with van der Waals surface area (Å²) in [6.45, 7) is 6.13. The van der Waals surface area contributed by atoms with Crippen molar-refractivity contribution in [1.82, 2.24) is 5.32 Å². The van der Waals surface area contributed by atoms with Gasteiger partial charge < -0.3 is 15.8 Å². The first-order valence-electron chi connectivity index (χ1n) is 8.59. The Labute approximate surface area is 147 Å². The summed E-state index contributed by atoms with van der Waals surface area (Å²) in [4.78, 5) is 25.5. The summed E-state index contributed by atoms with van der Waals surface area (Å²) in [6, 6.07) is 9.53. The molecule has 3 rings (SSSR count). The number of rotatable bonds is 3. The maximum Gasteiger partial charge on any atom is 0.338 e. The van der Waals surface area contributed by atoms with Crippen LogP contribution in [0.3, 0.4) is 0 Å². The van der Waals surface area contributed by atoms with Gasteiger partial charge in [-0.3, -0.25) is 4.79 Å². The van der Waals surface area contributed by atoms with E-state index >= 15 is 0 Å². The maximum atomic E-state index is 12.9. The number of hydrogen-bond acceptors (Lipinski definition) is 5. The van der Waals surface area contributed by atoms with Gasteiger partial charge in [0.05, 0.1) is 18.1 Å². The van der Waals surface area contributed by atoms with Gasteiger partial charge in [0.1, 0.15) is 5.82 Å². The summed E-state index contributed by atoms with van der Waals surface area (Å²) < 4.78 is 5.21. The van der Waals surface area contributed by atoms with Crippen molar-refractivity contribution < 1.29 is 14.3 Å². The zero-order valence-electron chi connectivity index (χ0n) is 14.9. The number of nitrogens with one attached hydrogen (secondary N) is 1. The molecule has 1 aliphatic carbocycles. The van der Waals surface area contributed by atoms with E-state index < -0.39 is 11.9 Å². The first kappa shape index (κ1) is 17.3. The molecular formula is C20H24N2O3. The maximum absolute atomic E-state index is 12.9. The lowest BCUT2D eigenvalue weighted by Crippen LogP contribution is -2.41. The normalized spacial score (nSPS) is 22.4. The van der Waals surface area contributed by atoms with Crippen molar-refractivity contribution in [3.05, 3.63) is 58.6 Å². The van der Waals surface area contributed by atoms with Crippen molar-refractivity contribution in [1.29, 1.82) is 0 Å². The van der Waals surface area contributed by atoms with Gasteiger partial charge in [0, 0.05) is 17.7 Å². The molecule has 3 N–H and O–H groups in total. The number of allylic oxidation sites excluding steroid dienone is 2. The van der Waals surface area contributed by atoms with Gasteiger partial charge in [0.25, 0.3) is 0 Å². The number of carbonyl (C=O) groups is 2. The molecule has 0 saturated heterocycles. The topological polar surface area (TPSA) is 81.4 Å². The number of carbonyl (C=O) groups excluding carboxylic acids is 2. The van der Waals surface area contributed by atoms with Crippen molar-refractivity contribution in [3.63, 3.8) is 0 Å². The third kappa shape index (κ3) is 3.18. The average molecular weight is 340 g/mol. The Bertz CT molecular complexity index is 775. The minimum Gasteiger partial charge on any atom is -0.463 e. The predicted molar refractivity (Wildman–Crippen MR) is 95.2 cm³/mol. The largest absolute Gasteiger partial charge is 0.463 e. The molecule has 0 spiro atoms. The number of dihydropyridines is 1. The van der Waals surface area contributed by atoms with Crippen LogP contribution in [0, 0.1) is 5.41 Å². The summed E-state index contributed by atoms with van der Waals surface area (Å²) in [5, 5.41) is 3.11. The molecule has 0 bridgehead atoms. The van der Waals surface area contributed by atoms with E-state index in [1.54, 1.807) is 6.92 Å². The smallest absolute Gasteiger partial charge is 0.338 e. The van der Waals surface area contributed by atoms with Crippen LogP contribution in [0.5, 0.6) is 0 Å². The Hall–Kier alpha value is -2.56. The summed E-state index contributed by atoms with van der Waals surface area (Å²) >= 11 is 0. The zero-order valence-corrected chi connectivity index (χ0v) is 14.9. The van der Waals surface area contributed by atoms with E-state index in [1.165, 1.54) is 0 Å². The van der Waals surface area contributed by atoms with Gasteiger partial charge in [-0.1, -0.05) is 44.2 Å². The average Bonchev–Trinajstić information content (AvgIpc) is 2.53. The van der Waals surface area contributed by atoms with E-state index in [-0.39, 0.29) is 23.6 Å². The second-order valence-corrected chi connectivity index (χ2v) is 7.35. The monoisotopic (exact) mass is 340 g/mol. The molecule has 132 valence electrons. The summed E-state index contributed by atoms with van der Waals surface area (Å²) in [7, 11) is 0. The standard InChI is InChI=1S/C20H24N2O3/c1-4-25-19(24)17-15(12-8-6-5-7-9-12)16-13(22-18(17)21)10-20(2,3)11-14(16)23/h5-9,15,22H,4,10-11,21H2,1-3H3. The Kier molecular flexibility index (Phi) is 4.41. The molecule has 1 unspecified atom stereocenters. The summed E-state index contributed by atoms with van der Waals surface area (Å²) in [6.07, 6.45) is 1.17. The Morgan fingerprint density at radius 1 is 1.28 bits per heavy atom. The molecule has 0 radical (unpaired) electrons. The number of hydrogen-bond donors (Lipinski definition) is 2. The van der Waals surface area contributed by atoms with E-state index in [0.717, 1.165) is 11.3 Å². The van der Waals surface area contributed by atoms with Crippen molar-refractivity contribution in [2.24, 2.45) is 11.1 Å². The van der Waals surface area contributed by atoms with Crippen LogP contribution in [0.4, 0.5) is 0 Å². The lowest BCUT2D eigenvalue weighted by Gasteiger charge is -2.39. The minimum atomic E-state index is -0.486. The van der Waals surface area contributed by atoms with E-state index in [4.69, 9.17) is 10.5 Å². The lowest BCUT2D eigenvalue weighted by atomic mass is 9.69. The van der Waals surface area contributed by atoms with Crippen LogP contribution in [0.25, 0.3) is 0 Å². The fourth-order valence-corrected chi connectivity index (χ4v) is 3.73. The van der Waals surface area contributed by atoms with E-state index in [9.17, 15) is 9.59 Å². The summed E-state index contributed by atoms with van der Waals surface area (Å²) in [5.41, 5.74) is 8.72.